The number of nitrogens with two attached hydrogens (primary N) is 1. The summed E-state index contributed by atoms with van der Waals surface area (Å²) in [5.74, 6) is 2.07. The van der Waals surface area contributed by atoms with Crippen LogP contribution in [0.4, 0.5) is 5.82 Å². The molecule has 1 aromatic heterocycles. The number of aliphatic hydroxyl groups excluding tert-OH is 1. The normalized spacial score (nSPS) is 17.0. The summed E-state index contributed by atoms with van der Waals surface area (Å²) in [5.41, 5.74) is 7.79. The second-order valence-corrected chi connectivity index (χ2v) is 6.55. The van der Waals surface area contributed by atoms with E-state index in [1.54, 1.807) is 0 Å². The molecule has 5 heteroatoms. The van der Waals surface area contributed by atoms with E-state index in [0.29, 0.717) is 12.5 Å². The fraction of sp³-hybridized carbons (Fsp3) is 0.474. The second kappa shape index (κ2) is 7.73. The molecule has 0 aliphatic carbocycles. The van der Waals surface area contributed by atoms with Crippen LogP contribution in [0, 0.1) is 12.8 Å². The van der Waals surface area contributed by atoms with Crippen LogP contribution in [0.15, 0.2) is 36.4 Å². The van der Waals surface area contributed by atoms with Gasteiger partial charge in [0.2, 0.25) is 0 Å². The van der Waals surface area contributed by atoms with Crippen molar-refractivity contribution in [1.29, 1.82) is 0 Å². The van der Waals surface area contributed by atoms with Crippen LogP contribution in [-0.2, 0) is 13.0 Å². The highest BCUT2D eigenvalue weighted by Gasteiger charge is 2.26. The van der Waals surface area contributed by atoms with Crippen LogP contribution >= 0.6 is 0 Å². The van der Waals surface area contributed by atoms with Gasteiger partial charge in [0.15, 0.2) is 0 Å². The van der Waals surface area contributed by atoms with E-state index < -0.39 is 0 Å². The number of nitrogens with zero attached hydrogens (tertiary/aromatic N) is 3. The number of aromatic nitrogens is 2. The Morgan fingerprint density at radius 2 is 1.92 bits per heavy atom. The monoisotopic (exact) mass is 326 g/mol. The molecule has 0 amide bonds. The van der Waals surface area contributed by atoms with Crippen molar-refractivity contribution in [3.63, 3.8) is 0 Å². The van der Waals surface area contributed by atoms with E-state index >= 15 is 0 Å². The number of aliphatic hydroxyl groups is 1. The third-order valence-corrected chi connectivity index (χ3v) is 4.78. The quantitative estimate of drug-likeness (QED) is 0.880. The number of benzene rings is 1. The Balaban J connectivity index is 1.58. The summed E-state index contributed by atoms with van der Waals surface area (Å²) in [4.78, 5) is 11.2. The summed E-state index contributed by atoms with van der Waals surface area (Å²) in [6.45, 7) is 4.16. The lowest BCUT2D eigenvalue weighted by molar-refractivity contribution is 0.0929. The smallest absolute Gasteiger partial charge is 0.132 e. The molecular weight excluding hydrogens is 300 g/mol. The van der Waals surface area contributed by atoms with E-state index in [2.05, 4.69) is 27.0 Å². The highest BCUT2D eigenvalue weighted by Crippen LogP contribution is 2.26. The minimum Gasteiger partial charge on any atom is -0.392 e. The summed E-state index contributed by atoms with van der Waals surface area (Å²) >= 11 is 0. The molecule has 2 heterocycles. The molecule has 128 valence electrons. The third kappa shape index (κ3) is 4.10. The molecule has 0 saturated carbocycles. The molecule has 1 fully saturated rings. The van der Waals surface area contributed by atoms with E-state index in [1.807, 2.05) is 31.2 Å². The molecule has 0 unspecified atom stereocenters. The Morgan fingerprint density at radius 1 is 1.21 bits per heavy atom. The Morgan fingerprint density at radius 3 is 2.58 bits per heavy atom. The van der Waals surface area contributed by atoms with Gasteiger partial charge in [0, 0.05) is 25.7 Å². The Kier molecular flexibility index (Phi) is 5.43. The summed E-state index contributed by atoms with van der Waals surface area (Å²) < 4.78 is 0. The van der Waals surface area contributed by atoms with Gasteiger partial charge in [0.25, 0.3) is 0 Å². The molecule has 0 spiro atoms. The number of anilines is 1. The van der Waals surface area contributed by atoms with Crippen LogP contribution in [0.2, 0.25) is 0 Å². The number of rotatable bonds is 5. The molecule has 1 atom stereocenters. The lowest BCUT2D eigenvalue weighted by Crippen LogP contribution is -2.39. The maximum absolute atomic E-state index is 10.5. The molecule has 0 radical (unpaired) electrons. The predicted molar refractivity (Wildman–Crippen MR) is 95.8 cm³/mol. The van der Waals surface area contributed by atoms with E-state index in [9.17, 15) is 5.11 Å². The first-order valence-corrected chi connectivity index (χ1v) is 8.67. The average Bonchev–Trinajstić information content (AvgIpc) is 2.62. The molecule has 1 aliphatic rings. The summed E-state index contributed by atoms with van der Waals surface area (Å²) in [6, 6.07) is 12.2. The fourth-order valence-electron chi connectivity index (χ4n) is 3.41. The largest absolute Gasteiger partial charge is 0.392 e. The molecular formula is C19H26N4O. The van der Waals surface area contributed by atoms with Crippen LogP contribution < -0.4 is 10.6 Å². The molecule has 1 aromatic carbocycles. The fourth-order valence-corrected chi connectivity index (χ4v) is 3.41. The summed E-state index contributed by atoms with van der Waals surface area (Å²) in [6.07, 6.45) is 2.42. The number of aryl methyl sites for hydroxylation is 1. The Labute approximate surface area is 143 Å². The third-order valence-electron chi connectivity index (χ3n) is 4.78. The van der Waals surface area contributed by atoms with Crippen molar-refractivity contribution >= 4 is 5.82 Å². The lowest BCUT2D eigenvalue weighted by atomic mass is 9.88. The zero-order valence-electron chi connectivity index (χ0n) is 14.2. The molecule has 1 saturated heterocycles. The van der Waals surface area contributed by atoms with Gasteiger partial charge in [-0.3, -0.25) is 0 Å². The molecule has 3 rings (SSSR count). The van der Waals surface area contributed by atoms with Gasteiger partial charge in [-0.2, -0.15) is 0 Å². The minimum absolute atomic E-state index is 0.277. The standard InChI is InChI=1S/C19H26N4O/c1-14-21-17(13-20)12-19(22-14)23-9-7-16(8-10-23)18(24)11-15-5-3-2-4-6-15/h2-6,12,16,18,24H,7-11,13,20H2,1H3/t18-/m0/s1. The van der Waals surface area contributed by atoms with Gasteiger partial charge in [0.1, 0.15) is 11.6 Å². The van der Waals surface area contributed by atoms with E-state index in [-0.39, 0.29) is 6.10 Å². The van der Waals surface area contributed by atoms with Crippen molar-refractivity contribution in [2.75, 3.05) is 18.0 Å². The second-order valence-electron chi connectivity index (χ2n) is 6.55. The van der Waals surface area contributed by atoms with Crippen molar-refractivity contribution in [3.8, 4) is 0 Å². The van der Waals surface area contributed by atoms with Crippen molar-refractivity contribution in [1.82, 2.24) is 9.97 Å². The Hall–Kier alpha value is -1.98. The van der Waals surface area contributed by atoms with Crippen LogP contribution in [0.3, 0.4) is 0 Å². The van der Waals surface area contributed by atoms with Crippen molar-refractivity contribution < 1.29 is 5.11 Å². The highest BCUT2D eigenvalue weighted by atomic mass is 16.3. The van der Waals surface area contributed by atoms with Gasteiger partial charge in [-0.25, -0.2) is 9.97 Å². The van der Waals surface area contributed by atoms with Gasteiger partial charge in [-0.1, -0.05) is 30.3 Å². The average molecular weight is 326 g/mol. The van der Waals surface area contributed by atoms with E-state index in [4.69, 9.17) is 5.73 Å². The zero-order valence-corrected chi connectivity index (χ0v) is 14.2. The summed E-state index contributed by atoms with van der Waals surface area (Å²) in [7, 11) is 0. The van der Waals surface area contributed by atoms with Gasteiger partial charge in [-0.15, -0.1) is 0 Å². The van der Waals surface area contributed by atoms with Crippen LogP contribution in [0.25, 0.3) is 0 Å². The number of hydrogen-bond donors (Lipinski definition) is 2. The topological polar surface area (TPSA) is 75.3 Å². The van der Waals surface area contributed by atoms with Crippen LogP contribution in [0.5, 0.6) is 0 Å². The predicted octanol–water partition coefficient (Wildman–Crippen LogP) is 2.06. The summed E-state index contributed by atoms with van der Waals surface area (Å²) in [5, 5.41) is 10.5. The maximum Gasteiger partial charge on any atom is 0.132 e. The molecule has 2 aromatic rings. The molecule has 3 N–H and O–H groups in total. The zero-order chi connectivity index (χ0) is 16.9. The van der Waals surface area contributed by atoms with E-state index in [1.165, 1.54) is 5.56 Å². The SMILES string of the molecule is Cc1nc(CN)cc(N2CCC([C@@H](O)Cc3ccccc3)CC2)n1. The Bertz CT molecular complexity index is 654. The first kappa shape index (κ1) is 16.9. The van der Waals surface area contributed by atoms with Crippen LogP contribution in [0.1, 0.15) is 29.9 Å². The van der Waals surface area contributed by atoms with Crippen molar-refractivity contribution in [2.24, 2.45) is 11.7 Å². The van der Waals surface area contributed by atoms with Gasteiger partial charge >= 0.3 is 0 Å². The minimum atomic E-state index is -0.277. The first-order chi connectivity index (χ1) is 11.7. The van der Waals surface area contributed by atoms with Gasteiger partial charge in [0.05, 0.1) is 11.8 Å². The molecule has 1 aliphatic heterocycles. The van der Waals surface area contributed by atoms with Gasteiger partial charge in [-0.05, 0) is 37.7 Å². The molecule has 5 nitrogen and oxygen atoms in total. The maximum atomic E-state index is 10.5. The van der Waals surface area contributed by atoms with Crippen molar-refractivity contribution in [3.05, 3.63) is 53.5 Å². The van der Waals surface area contributed by atoms with Gasteiger partial charge < -0.3 is 15.7 Å². The lowest BCUT2D eigenvalue weighted by Gasteiger charge is -2.35. The molecule has 0 bridgehead atoms. The number of piperidine rings is 1. The number of hydrogen-bond acceptors (Lipinski definition) is 5. The highest BCUT2D eigenvalue weighted by molar-refractivity contribution is 5.40. The first-order valence-electron chi connectivity index (χ1n) is 8.67. The van der Waals surface area contributed by atoms with Crippen LogP contribution in [-0.4, -0.2) is 34.3 Å². The van der Waals surface area contributed by atoms with Crippen molar-refractivity contribution in [2.45, 2.75) is 38.8 Å². The van der Waals surface area contributed by atoms with E-state index in [0.717, 1.165) is 49.7 Å². The molecule has 24 heavy (non-hydrogen) atoms.